The van der Waals surface area contributed by atoms with Crippen LogP contribution in [0.5, 0.6) is 0 Å². The Kier molecular flexibility index (Phi) is 3.00. The maximum atomic E-state index is 11.6. The summed E-state index contributed by atoms with van der Waals surface area (Å²) >= 11 is 6.09. The molecule has 1 aromatic carbocycles. The molecule has 5 heteroatoms. The van der Waals surface area contributed by atoms with Gasteiger partial charge in [0, 0.05) is 11.1 Å². The number of aryl methyl sites for hydroxylation is 2. The van der Waals surface area contributed by atoms with Gasteiger partial charge in [-0.3, -0.25) is 15.0 Å². The van der Waals surface area contributed by atoms with E-state index in [2.05, 4.69) is 4.98 Å². The molecule has 0 aliphatic heterocycles. The molecule has 0 unspecified atom stereocenters. The zero-order chi connectivity index (χ0) is 12.6. The Morgan fingerprint density at radius 2 is 2.12 bits per heavy atom. The highest BCUT2D eigenvalue weighted by Crippen LogP contribution is 2.28. The van der Waals surface area contributed by atoms with Crippen molar-refractivity contribution in [1.82, 2.24) is 10.5 Å². The highest BCUT2D eigenvalue weighted by molar-refractivity contribution is 6.36. The lowest BCUT2D eigenvalue weighted by atomic mass is 10.0. The molecule has 1 aromatic heterocycles. The average Bonchev–Trinajstić information content (AvgIpc) is 2.32. The SMILES string of the molecule is Cc1cc(C(=O)NO)c2c(Cl)ccc(C)c2n1. The van der Waals surface area contributed by atoms with Gasteiger partial charge in [0.1, 0.15) is 0 Å². The Morgan fingerprint density at radius 1 is 1.41 bits per heavy atom. The van der Waals surface area contributed by atoms with Crippen LogP contribution in [0.2, 0.25) is 5.02 Å². The fourth-order valence-corrected chi connectivity index (χ4v) is 2.05. The molecule has 0 atom stereocenters. The number of fused-ring (bicyclic) bond motifs is 1. The molecule has 17 heavy (non-hydrogen) atoms. The second kappa shape index (κ2) is 4.31. The second-order valence-corrected chi connectivity index (χ2v) is 4.25. The fraction of sp³-hybridized carbons (Fsp3) is 0.167. The van der Waals surface area contributed by atoms with Crippen LogP contribution in [0.25, 0.3) is 10.9 Å². The van der Waals surface area contributed by atoms with Crippen molar-refractivity contribution in [2.24, 2.45) is 0 Å². The number of nitrogens with one attached hydrogen (secondary N) is 1. The van der Waals surface area contributed by atoms with Crippen LogP contribution in [0.15, 0.2) is 18.2 Å². The maximum absolute atomic E-state index is 11.6. The minimum atomic E-state index is -0.590. The lowest BCUT2D eigenvalue weighted by molar-refractivity contribution is 0.0708. The monoisotopic (exact) mass is 250 g/mol. The van der Waals surface area contributed by atoms with Crippen LogP contribution in [-0.4, -0.2) is 16.1 Å². The number of carbonyl (C=O) groups is 1. The van der Waals surface area contributed by atoms with Gasteiger partial charge in [-0.05, 0) is 31.5 Å². The molecule has 4 nitrogen and oxygen atoms in total. The molecule has 88 valence electrons. The van der Waals surface area contributed by atoms with Crippen molar-refractivity contribution in [3.05, 3.63) is 40.0 Å². The van der Waals surface area contributed by atoms with E-state index < -0.39 is 5.91 Å². The summed E-state index contributed by atoms with van der Waals surface area (Å²) in [4.78, 5) is 16.0. The summed E-state index contributed by atoms with van der Waals surface area (Å²) in [6.45, 7) is 3.68. The predicted molar refractivity (Wildman–Crippen MR) is 65.5 cm³/mol. The molecule has 0 spiro atoms. The van der Waals surface area contributed by atoms with E-state index in [1.54, 1.807) is 24.5 Å². The molecule has 0 aliphatic carbocycles. The van der Waals surface area contributed by atoms with Crippen LogP contribution in [0.4, 0.5) is 0 Å². The van der Waals surface area contributed by atoms with Crippen molar-refractivity contribution < 1.29 is 10.0 Å². The molecule has 0 saturated carbocycles. The molecular formula is C12H11ClN2O2. The fourth-order valence-electron chi connectivity index (χ4n) is 1.80. The molecule has 2 rings (SSSR count). The van der Waals surface area contributed by atoms with Crippen LogP contribution in [0, 0.1) is 13.8 Å². The van der Waals surface area contributed by atoms with E-state index in [4.69, 9.17) is 16.8 Å². The number of hydrogen-bond acceptors (Lipinski definition) is 3. The normalized spacial score (nSPS) is 10.6. The Bertz CT molecular complexity index is 611. The summed E-state index contributed by atoms with van der Waals surface area (Å²) < 4.78 is 0. The third-order valence-corrected chi connectivity index (χ3v) is 2.90. The molecule has 2 N–H and O–H groups in total. The van der Waals surface area contributed by atoms with Crippen LogP contribution >= 0.6 is 11.6 Å². The number of hydrogen-bond donors (Lipinski definition) is 2. The van der Waals surface area contributed by atoms with E-state index in [0.29, 0.717) is 27.2 Å². The van der Waals surface area contributed by atoms with E-state index in [0.717, 1.165) is 5.56 Å². The number of aromatic nitrogens is 1. The van der Waals surface area contributed by atoms with Crippen LogP contribution in [0.1, 0.15) is 21.6 Å². The molecule has 0 aliphatic rings. The number of rotatable bonds is 1. The van der Waals surface area contributed by atoms with E-state index in [1.165, 1.54) is 0 Å². The summed E-state index contributed by atoms with van der Waals surface area (Å²) in [5, 5.41) is 9.74. The lowest BCUT2D eigenvalue weighted by Gasteiger charge is -2.09. The van der Waals surface area contributed by atoms with Crippen molar-refractivity contribution in [3.8, 4) is 0 Å². The quantitative estimate of drug-likeness (QED) is 0.604. The van der Waals surface area contributed by atoms with Crippen LogP contribution in [0.3, 0.4) is 0 Å². The van der Waals surface area contributed by atoms with E-state index in [-0.39, 0.29) is 0 Å². The Balaban J connectivity index is 2.92. The van der Waals surface area contributed by atoms with Gasteiger partial charge in [-0.25, -0.2) is 5.48 Å². The molecule has 0 fully saturated rings. The number of halogens is 1. The minimum absolute atomic E-state index is 0.323. The van der Waals surface area contributed by atoms with Gasteiger partial charge in [-0.2, -0.15) is 0 Å². The number of pyridine rings is 1. The van der Waals surface area contributed by atoms with Gasteiger partial charge in [0.25, 0.3) is 5.91 Å². The van der Waals surface area contributed by atoms with Gasteiger partial charge < -0.3 is 0 Å². The number of amides is 1. The minimum Gasteiger partial charge on any atom is -0.288 e. The molecule has 2 aromatic rings. The van der Waals surface area contributed by atoms with Gasteiger partial charge in [0.15, 0.2) is 0 Å². The van der Waals surface area contributed by atoms with E-state index in [1.807, 2.05) is 13.0 Å². The first-order valence-corrected chi connectivity index (χ1v) is 5.43. The van der Waals surface area contributed by atoms with Crippen molar-refractivity contribution in [2.45, 2.75) is 13.8 Å². The molecular weight excluding hydrogens is 240 g/mol. The number of nitrogens with zero attached hydrogens (tertiary/aromatic N) is 1. The molecule has 0 bridgehead atoms. The zero-order valence-corrected chi connectivity index (χ0v) is 10.2. The van der Waals surface area contributed by atoms with Crippen molar-refractivity contribution in [1.29, 1.82) is 0 Å². The molecule has 0 radical (unpaired) electrons. The first kappa shape index (κ1) is 11.8. The Labute approximate surface area is 103 Å². The van der Waals surface area contributed by atoms with Crippen molar-refractivity contribution in [2.75, 3.05) is 0 Å². The molecule has 1 heterocycles. The summed E-state index contributed by atoms with van der Waals surface area (Å²) in [5.74, 6) is -0.590. The van der Waals surface area contributed by atoms with Gasteiger partial charge in [0.05, 0.1) is 16.1 Å². The zero-order valence-electron chi connectivity index (χ0n) is 9.41. The van der Waals surface area contributed by atoms with Crippen LogP contribution in [-0.2, 0) is 0 Å². The van der Waals surface area contributed by atoms with E-state index >= 15 is 0 Å². The van der Waals surface area contributed by atoms with Gasteiger partial charge in [-0.15, -0.1) is 0 Å². The molecule has 1 amide bonds. The highest BCUT2D eigenvalue weighted by Gasteiger charge is 2.15. The number of hydroxylamine groups is 1. The summed E-state index contributed by atoms with van der Waals surface area (Å²) in [7, 11) is 0. The Hall–Kier alpha value is -1.65. The topological polar surface area (TPSA) is 62.2 Å². The standard InChI is InChI=1S/C12H11ClN2O2/c1-6-3-4-9(13)10-8(12(16)15-17)5-7(2)14-11(6)10/h3-5,17H,1-2H3,(H,15,16). The average molecular weight is 251 g/mol. The highest BCUT2D eigenvalue weighted by atomic mass is 35.5. The van der Waals surface area contributed by atoms with Gasteiger partial charge in [0.2, 0.25) is 0 Å². The summed E-state index contributed by atoms with van der Waals surface area (Å²) in [6.07, 6.45) is 0. The Morgan fingerprint density at radius 3 is 2.76 bits per heavy atom. The predicted octanol–water partition coefficient (Wildman–Crippen LogP) is 2.62. The largest absolute Gasteiger partial charge is 0.288 e. The summed E-state index contributed by atoms with van der Waals surface area (Å²) in [6, 6.07) is 5.15. The third kappa shape index (κ3) is 1.97. The van der Waals surface area contributed by atoms with E-state index in [9.17, 15) is 4.79 Å². The first-order valence-electron chi connectivity index (χ1n) is 5.05. The molecule has 0 saturated heterocycles. The third-order valence-electron chi connectivity index (χ3n) is 2.59. The van der Waals surface area contributed by atoms with Gasteiger partial charge >= 0.3 is 0 Å². The number of carbonyl (C=O) groups excluding carboxylic acids is 1. The summed E-state index contributed by atoms with van der Waals surface area (Å²) in [5.41, 5.74) is 4.25. The lowest BCUT2D eigenvalue weighted by Crippen LogP contribution is -2.19. The number of benzene rings is 1. The maximum Gasteiger partial charge on any atom is 0.275 e. The van der Waals surface area contributed by atoms with Gasteiger partial charge in [-0.1, -0.05) is 17.7 Å². The van der Waals surface area contributed by atoms with Crippen LogP contribution < -0.4 is 5.48 Å². The van der Waals surface area contributed by atoms with Crippen molar-refractivity contribution in [3.63, 3.8) is 0 Å². The smallest absolute Gasteiger partial charge is 0.275 e. The van der Waals surface area contributed by atoms with Crippen molar-refractivity contribution >= 4 is 28.4 Å². The second-order valence-electron chi connectivity index (χ2n) is 3.84. The first-order chi connectivity index (χ1) is 8.04.